The number of carboxylic acid groups (broad SMARTS) is 1. The van der Waals surface area contributed by atoms with Gasteiger partial charge in [0, 0.05) is 24.3 Å². The first-order chi connectivity index (χ1) is 12.5. The summed E-state index contributed by atoms with van der Waals surface area (Å²) < 4.78 is 0. The number of aromatic carboxylic acids is 1. The Morgan fingerprint density at radius 3 is 2.46 bits per heavy atom. The van der Waals surface area contributed by atoms with E-state index in [4.69, 9.17) is 5.11 Å². The van der Waals surface area contributed by atoms with E-state index in [1.807, 2.05) is 37.3 Å². The molecule has 6 heteroatoms. The van der Waals surface area contributed by atoms with Crippen molar-refractivity contribution in [1.29, 1.82) is 0 Å². The van der Waals surface area contributed by atoms with Gasteiger partial charge in [-0.15, -0.1) is 0 Å². The second-order valence-corrected chi connectivity index (χ2v) is 6.11. The average molecular weight is 352 g/mol. The molecule has 3 rings (SSSR count). The van der Waals surface area contributed by atoms with Crippen molar-refractivity contribution in [3.05, 3.63) is 65.7 Å². The normalized spacial score (nSPS) is 16.6. The Labute approximate surface area is 151 Å². The maximum absolute atomic E-state index is 12.9. The van der Waals surface area contributed by atoms with Gasteiger partial charge in [0.2, 0.25) is 5.91 Å². The number of hydrogen-bond acceptors (Lipinski definition) is 3. The molecule has 1 aliphatic rings. The van der Waals surface area contributed by atoms with Gasteiger partial charge in [-0.05, 0) is 43.7 Å². The van der Waals surface area contributed by atoms with Crippen LogP contribution in [0.25, 0.3) is 0 Å². The number of benzene rings is 2. The van der Waals surface area contributed by atoms with Gasteiger partial charge in [-0.2, -0.15) is 0 Å². The van der Waals surface area contributed by atoms with E-state index in [1.165, 1.54) is 23.1 Å². The molecule has 1 unspecified atom stereocenters. The van der Waals surface area contributed by atoms with Crippen LogP contribution < -0.4 is 4.90 Å². The first kappa shape index (κ1) is 17.7. The molecule has 2 aromatic rings. The third-order valence-corrected chi connectivity index (χ3v) is 4.58. The number of carboxylic acids is 1. The van der Waals surface area contributed by atoms with Crippen LogP contribution in [0.3, 0.4) is 0 Å². The third-order valence-electron chi connectivity index (χ3n) is 4.58. The fourth-order valence-electron chi connectivity index (χ4n) is 3.27. The van der Waals surface area contributed by atoms with Gasteiger partial charge in [0.15, 0.2) is 0 Å². The fourth-order valence-corrected chi connectivity index (χ4v) is 3.27. The van der Waals surface area contributed by atoms with E-state index in [0.717, 1.165) is 5.69 Å². The van der Waals surface area contributed by atoms with Crippen LogP contribution in [0.1, 0.15) is 34.1 Å². The number of carbonyl (C=O) groups excluding carboxylic acids is 2. The quantitative estimate of drug-likeness (QED) is 0.897. The van der Waals surface area contributed by atoms with Crippen molar-refractivity contribution >= 4 is 23.5 Å². The number of carbonyl (C=O) groups is 3. The van der Waals surface area contributed by atoms with Crippen LogP contribution in [0.4, 0.5) is 5.69 Å². The van der Waals surface area contributed by atoms with Crippen LogP contribution in [0.5, 0.6) is 0 Å². The molecular formula is C20H20N2O4. The third kappa shape index (κ3) is 3.31. The number of anilines is 1. The van der Waals surface area contributed by atoms with Gasteiger partial charge >= 0.3 is 5.97 Å². The molecule has 1 heterocycles. The second kappa shape index (κ2) is 7.39. The molecule has 26 heavy (non-hydrogen) atoms. The fraction of sp³-hybridized carbons (Fsp3) is 0.250. The van der Waals surface area contributed by atoms with Crippen LogP contribution in [-0.2, 0) is 4.79 Å². The van der Waals surface area contributed by atoms with Crippen molar-refractivity contribution in [1.82, 2.24) is 4.90 Å². The maximum Gasteiger partial charge on any atom is 0.335 e. The van der Waals surface area contributed by atoms with Gasteiger partial charge in [-0.3, -0.25) is 9.59 Å². The topological polar surface area (TPSA) is 77.9 Å². The first-order valence-corrected chi connectivity index (χ1v) is 8.53. The minimum atomic E-state index is -1.09. The highest BCUT2D eigenvalue weighted by atomic mass is 16.4. The zero-order chi connectivity index (χ0) is 18.7. The molecule has 1 aliphatic heterocycles. The Hall–Kier alpha value is -3.15. The Morgan fingerprint density at radius 1 is 1.12 bits per heavy atom. The van der Waals surface area contributed by atoms with Gasteiger partial charge in [0.25, 0.3) is 5.91 Å². The highest BCUT2D eigenvalue weighted by Crippen LogP contribution is 2.25. The first-order valence-electron chi connectivity index (χ1n) is 8.53. The molecular weight excluding hydrogens is 332 g/mol. The number of rotatable bonds is 5. The maximum atomic E-state index is 12.9. The van der Waals surface area contributed by atoms with E-state index in [-0.39, 0.29) is 22.9 Å². The van der Waals surface area contributed by atoms with E-state index < -0.39 is 12.0 Å². The van der Waals surface area contributed by atoms with Crippen molar-refractivity contribution in [3.63, 3.8) is 0 Å². The van der Waals surface area contributed by atoms with E-state index in [0.29, 0.717) is 19.5 Å². The lowest BCUT2D eigenvalue weighted by Crippen LogP contribution is -2.45. The Bertz CT molecular complexity index is 835. The van der Waals surface area contributed by atoms with E-state index in [2.05, 4.69) is 0 Å². The molecule has 0 radical (unpaired) electrons. The minimum Gasteiger partial charge on any atom is -0.478 e. The van der Waals surface area contributed by atoms with Gasteiger partial charge in [0.05, 0.1) is 5.56 Å². The predicted molar refractivity (Wildman–Crippen MR) is 97.3 cm³/mol. The van der Waals surface area contributed by atoms with E-state index in [9.17, 15) is 14.4 Å². The molecule has 0 aliphatic carbocycles. The molecule has 0 spiro atoms. The zero-order valence-corrected chi connectivity index (χ0v) is 14.5. The molecule has 1 fully saturated rings. The average Bonchev–Trinajstić information content (AvgIpc) is 3.04. The van der Waals surface area contributed by atoms with Gasteiger partial charge in [-0.1, -0.05) is 24.3 Å². The molecule has 2 amide bonds. The number of para-hydroxylation sites is 1. The van der Waals surface area contributed by atoms with Gasteiger partial charge in [0.1, 0.15) is 6.04 Å². The molecule has 1 N–H and O–H groups in total. The highest BCUT2D eigenvalue weighted by molar-refractivity contribution is 6.04. The lowest BCUT2D eigenvalue weighted by atomic mass is 10.1. The predicted octanol–water partition coefficient (Wildman–Crippen LogP) is 2.65. The Balaban J connectivity index is 1.83. The molecule has 0 bridgehead atoms. The summed E-state index contributed by atoms with van der Waals surface area (Å²) in [5.41, 5.74) is 1.14. The smallest absolute Gasteiger partial charge is 0.335 e. The number of hydrogen-bond donors (Lipinski definition) is 1. The SMILES string of the molecule is CCN(C(=O)c1cccc(C(=O)O)c1)C1CCN(c2ccccc2)C1=O. The zero-order valence-electron chi connectivity index (χ0n) is 14.5. The second-order valence-electron chi connectivity index (χ2n) is 6.11. The van der Waals surface area contributed by atoms with E-state index >= 15 is 0 Å². The lowest BCUT2D eigenvalue weighted by molar-refractivity contribution is -0.120. The summed E-state index contributed by atoms with van der Waals surface area (Å²) in [4.78, 5) is 40.1. The Morgan fingerprint density at radius 2 is 1.81 bits per heavy atom. The molecule has 0 aromatic heterocycles. The number of amides is 2. The minimum absolute atomic E-state index is 0.0514. The number of likely N-dealkylation sites (N-methyl/N-ethyl adjacent to an activating group) is 1. The van der Waals surface area contributed by atoms with Crippen LogP contribution in [0.2, 0.25) is 0 Å². The highest BCUT2D eigenvalue weighted by Gasteiger charge is 2.38. The molecule has 1 atom stereocenters. The van der Waals surface area contributed by atoms with Crippen LogP contribution in [0, 0.1) is 0 Å². The van der Waals surface area contributed by atoms with E-state index in [1.54, 1.807) is 11.0 Å². The summed E-state index contributed by atoms with van der Waals surface area (Å²) in [7, 11) is 0. The largest absolute Gasteiger partial charge is 0.478 e. The molecule has 1 saturated heterocycles. The summed E-state index contributed by atoms with van der Waals surface area (Å²) in [6, 6.07) is 14.7. The van der Waals surface area contributed by atoms with Gasteiger partial charge in [-0.25, -0.2) is 4.79 Å². The summed E-state index contributed by atoms with van der Waals surface area (Å²) >= 11 is 0. The van der Waals surface area contributed by atoms with Gasteiger partial charge < -0.3 is 14.9 Å². The molecule has 6 nitrogen and oxygen atoms in total. The molecule has 2 aromatic carbocycles. The molecule has 0 saturated carbocycles. The summed E-state index contributed by atoms with van der Waals surface area (Å²) in [5, 5.41) is 9.12. The summed E-state index contributed by atoms with van der Waals surface area (Å²) in [6.07, 6.45) is 0.548. The summed E-state index contributed by atoms with van der Waals surface area (Å²) in [6.45, 7) is 2.74. The Kier molecular flexibility index (Phi) is 5.02. The lowest BCUT2D eigenvalue weighted by Gasteiger charge is -2.27. The van der Waals surface area contributed by atoms with Crippen molar-refractivity contribution in [2.45, 2.75) is 19.4 Å². The van der Waals surface area contributed by atoms with Crippen LogP contribution >= 0.6 is 0 Å². The monoisotopic (exact) mass is 352 g/mol. The van der Waals surface area contributed by atoms with Crippen LogP contribution in [-0.4, -0.2) is 46.9 Å². The summed E-state index contributed by atoms with van der Waals surface area (Å²) in [5.74, 6) is -1.53. The standard InChI is InChI=1S/C20H20N2O4/c1-2-21(18(23)14-7-6-8-15(13-14)20(25)26)17-11-12-22(19(17)24)16-9-4-3-5-10-16/h3-10,13,17H,2,11-12H2,1H3,(H,25,26). The van der Waals surface area contributed by atoms with Crippen LogP contribution in [0.15, 0.2) is 54.6 Å². The van der Waals surface area contributed by atoms with Crippen molar-refractivity contribution in [3.8, 4) is 0 Å². The number of nitrogens with zero attached hydrogens (tertiary/aromatic N) is 2. The van der Waals surface area contributed by atoms with Crippen molar-refractivity contribution in [2.24, 2.45) is 0 Å². The van der Waals surface area contributed by atoms with Crippen molar-refractivity contribution < 1.29 is 19.5 Å². The molecule has 134 valence electrons. The van der Waals surface area contributed by atoms with Crippen molar-refractivity contribution in [2.75, 3.05) is 18.0 Å².